The molecule has 13 heteroatoms. The largest absolute Gasteiger partial charge is 0.408 e. The minimum atomic E-state index is -4.43. The number of carbonyl (C=O) groups excluding carboxylic acids is 1. The molecule has 38 heavy (non-hydrogen) atoms. The van der Waals surface area contributed by atoms with Gasteiger partial charge in [0.15, 0.2) is 5.82 Å². The summed E-state index contributed by atoms with van der Waals surface area (Å²) in [6.07, 6.45) is 4.96. The van der Waals surface area contributed by atoms with E-state index in [0.29, 0.717) is 45.9 Å². The van der Waals surface area contributed by atoms with Crippen LogP contribution in [0.3, 0.4) is 0 Å². The Morgan fingerprint density at radius 1 is 1.18 bits per heavy atom. The molecule has 8 rings (SSSR count). The van der Waals surface area contributed by atoms with Gasteiger partial charge in [-0.05, 0) is 51.6 Å². The van der Waals surface area contributed by atoms with Crippen molar-refractivity contribution in [2.75, 3.05) is 36.9 Å². The van der Waals surface area contributed by atoms with Crippen LogP contribution in [0.1, 0.15) is 38.5 Å². The molecule has 2 atom stereocenters. The number of H-pyrrole nitrogens is 1. The molecule has 2 N–H and O–H groups in total. The van der Waals surface area contributed by atoms with E-state index >= 15 is 0 Å². The molecule has 3 aromatic heterocycles. The highest BCUT2D eigenvalue weighted by Crippen LogP contribution is 2.48. The van der Waals surface area contributed by atoms with Crippen molar-refractivity contribution >= 4 is 28.4 Å². The first-order valence-corrected chi connectivity index (χ1v) is 13.2. The SMILES string of the molecule is CN1C2CC1CN(c1nn(CC(F)(F)F)c3cc(-c4[nH]ncc4NC(=O)N4CCCCC45CC5)ncc13)C2. The zero-order valence-electron chi connectivity index (χ0n) is 21.1. The highest BCUT2D eigenvalue weighted by molar-refractivity contribution is 5.96. The zero-order valence-corrected chi connectivity index (χ0v) is 21.1. The average Bonchev–Trinajstić information content (AvgIpc) is 3.34. The van der Waals surface area contributed by atoms with Crippen LogP contribution in [0.4, 0.5) is 29.5 Å². The number of nitrogens with one attached hydrogen (secondary N) is 2. The lowest BCUT2D eigenvalue weighted by atomic mass is 9.88. The number of piperidine rings is 2. The van der Waals surface area contributed by atoms with E-state index in [4.69, 9.17) is 0 Å². The number of alkyl halides is 3. The van der Waals surface area contributed by atoms with Gasteiger partial charge in [0.1, 0.15) is 12.2 Å². The number of aromatic nitrogens is 5. The van der Waals surface area contributed by atoms with Gasteiger partial charge in [-0.15, -0.1) is 0 Å². The minimum absolute atomic E-state index is 0.0201. The molecule has 1 saturated carbocycles. The summed E-state index contributed by atoms with van der Waals surface area (Å²) in [7, 11) is 2.08. The third-order valence-corrected chi connectivity index (χ3v) is 8.86. The van der Waals surface area contributed by atoms with Gasteiger partial charge in [0, 0.05) is 43.5 Å². The first-order valence-electron chi connectivity index (χ1n) is 13.2. The second-order valence-corrected chi connectivity index (χ2v) is 11.2. The second-order valence-electron chi connectivity index (χ2n) is 11.2. The Kier molecular flexibility index (Phi) is 5.20. The molecule has 0 aromatic carbocycles. The molecular formula is C25H30F3N9O. The standard InChI is InChI=1S/C25H30F3N9O/c1-34-15-8-16(34)13-35(12-15)22-17-10-29-18(9-20(17)37(33-22)14-25(26,27)28)21-19(11-30-32-21)31-23(38)36-7-3-2-4-24(36)5-6-24/h9-11,15-16H,2-8,12-14H2,1H3,(H,30,32)(H,31,38). The van der Waals surface area contributed by atoms with Gasteiger partial charge in [-0.1, -0.05) is 0 Å². The number of nitrogens with zero attached hydrogens (tertiary/aromatic N) is 7. The summed E-state index contributed by atoms with van der Waals surface area (Å²) < 4.78 is 41.5. The van der Waals surface area contributed by atoms with Gasteiger partial charge < -0.3 is 15.1 Å². The molecule has 0 radical (unpaired) electrons. The maximum Gasteiger partial charge on any atom is 0.408 e. The fraction of sp³-hybridized carbons (Fsp3) is 0.600. The Labute approximate surface area is 217 Å². The lowest BCUT2D eigenvalue weighted by molar-refractivity contribution is -0.141. The van der Waals surface area contributed by atoms with E-state index in [-0.39, 0.29) is 11.6 Å². The normalized spacial score (nSPS) is 24.6. The van der Waals surface area contributed by atoms with Crippen molar-refractivity contribution in [2.45, 2.75) is 68.9 Å². The zero-order chi connectivity index (χ0) is 26.2. The number of urea groups is 1. The highest BCUT2D eigenvalue weighted by atomic mass is 19.4. The number of amides is 2. The summed E-state index contributed by atoms with van der Waals surface area (Å²) >= 11 is 0. The third-order valence-electron chi connectivity index (χ3n) is 8.86. The van der Waals surface area contributed by atoms with Gasteiger partial charge in [0.05, 0.1) is 28.5 Å². The number of piperazine rings is 1. The molecule has 1 aliphatic carbocycles. The number of likely N-dealkylation sites (N-methyl/N-ethyl adjacent to an activating group) is 1. The summed E-state index contributed by atoms with van der Waals surface area (Å²) in [6.45, 7) is 0.969. The molecule has 5 fully saturated rings. The molecule has 202 valence electrons. The quantitative estimate of drug-likeness (QED) is 0.533. The van der Waals surface area contributed by atoms with E-state index in [2.05, 4.69) is 42.4 Å². The molecule has 10 nitrogen and oxygen atoms in total. The van der Waals surface area contributed by atoms with Gasteiger partial charge in [0.25, 0.3) is 0 Å². The number of pyridine rings is 1. The second kappa shape index (κ2) is 8.32. The maximum atomic E-state index is 13.5. The van der Waals surface area contributed by atoms with Crippen LogP contribution in [0.15, 0.2) is 18.5 Å². The lowest BCUT2D eigenvalue weighted by Gasteiger charge is -2.55. The summed E-state index contributed by atoms with van der Waals surface area (Å²) in [5.74, 6) is 0.532. The van der Waals surface area contributed by atoms with Crippen molar-refractivity contribution in [1.29, 1.82) is 0 Å². The van der Waals surface area contributed by atoms with Gasteiger partial charge in [-0.2, -0.15) is 23.4 Å². The van der Waals surface area contributed by atoms with Crippen molar-refractivity contribution in [3.05, 3.63) is 18.5 Å². The first kappa shape index (κ1) is 23.7. The number of halogens is 3. The number of anilines is 2. The van der Waals surface area contributed by atoms with E-state index in [9.17, 15) is 18.0 Å². The van der Waals surface area contributed by atoms with E-state index < -0.39 is 12.7 Å². The maximum absolute atomic E-state index is 13.5. The fourth-order valence-corrected chi connectivity index (χ4v) is 6.52. The highest BCUT2D eigenvalue weighted by Gasteiger charge is 2.51. The van der Waals surface area contributed by atoms with Gasteiger partial charge >= 0.3 is 12.2 Å². The van der Waals surface area contributed by atoms with Crippen molar-refractivity contribution in [3.63, 3.8) is 0 Å². The first-order chi connectivity index (χ1) is 18.2. The number of rotatable bonds is 4. The van der Waals surface area contributed by atoms with E-state index in [1.807, 2.05) is 4.90 Å². The predicted octanol–water partition coefficient (Wildman–Crippen LogP) is 3.83. The summed E-state index contributed by atoms with van der Waals surface area (Å²) in [5.41, 5.74) is 1.61. The smallest absolute Gasteiger partial charge is 0.351 e. The Hall–Kier alpha value is -3.35. The average molecular weight is 530 g/mol. The Balaban J connectivity index is 1.21. The van der Waals surface area contributed by atoms with Crippen LogP contribution in [0.2, 0.25) is 0 Å². The molecule has 2 unspecified atom stereocenters. The fourth-order valence-electron chi connectivity index (χ4n) is 6.52. The van der Waals surface area contributed by atoms with Crippen molar-refractivity contribution in [2.24, 2.45) is 0 Å². The van der Waals surface area contributed by atoms with Crippen LogP contribution in [0.5, 0.6) is 0 Å². The molecule has 7 heterocycles. The molecule has 5 aliphatic rings. The van der Waals surface area contributed by atoms with Crippen LogP contribution < -0.4 is 10.2 Å². The number of carbonyl (C=O) groups is 1. The number of fused-ring (bicyclic) bond motifs is 3. The Bertz CT molecular complexity index is 1380. The monoisotopic (exact) mass is 529 g/mol. The van der Waals surface area contributed by atoms with Gasteiger partial charge in [0.2, 0.25) is 0 Å². The topological polar surface area (TPSA) is 98.2 Å². The molecule has 2 bridgehead atoms. The number of aromatic amines is 1. The van der Waals surface area contributed by atoms with Crippen molar-refractivity contribution in [1.82, 2.24) is 34.8 Å². The van der Waals surface area contributed by atoms with E-state index in [1.165, 1.54) is 6.20 Å². The third kappa shape index (κ3) is 3.89. The Morgan fingerprint density at radius 2 is 1.97 bits per heavy atom. The summed E-state index contributed by atoms with van der Waals surface area (Å²) in [4.78, 5) is 24.0. The van der Waals surface area contributed by atoms with Crippen LogP contribution in [0.25, 0.3) is 22.3 Å². The van der Waals surface area contributed by atoms with E-state index in [1.54, 1.807) is 12.3 Å². The van der Waals surface area contributed by atoms with Crippen molar-refractivity contribution < 1.29 is 18.0 Å². The molecule has 4 saturated heterocycles. The number of hydrogen-bond acceptors (Lipinski definition) is 6. The van der Waals surface area contributed by atoms with Crippen LogP contribution in [0, 0.1) is 0 Å². The summed E-state index contributed by atoms with van der Waals surface area (Å²) in [6, 6.07) is 2.19. The molecule has 1 spiro atoms. The van der Waals surface area contributed by atoms with Crippen LogP contribution in [-0.2, 0) is 6.54 Å². The number of hydrogen-bond donors (Lipinski definition) is 2. The van der Waals surface area contributed by atoms with Crippen LogP contribution in [-0.4, -0.2) is 91.3 Å². The molecule has 4 aliphatic heterocycles. The lowest BCUT2D eigenvalue weighted by Crippen LogP contribution is -2.67. The van der Waals surface area contributed by atoms with Crippen LogP contribution >= 0.6 is 0 Å². The molecule has 3 aromatic rings. The summed E-state index contributed by atoms with van der Waals surface area (Å²) in [5, 5.41) is 14.9. The molecule has 2 amide bonds. The Morgan fingerprint density at radius 3 is 2.68 bits per heavy atom. The van der Waals surface area contributed by atoms with Gasteiger partial charge in [-0.25, -0.2) is 4.79 Å². The van der Waals surface area contributed by atoms with Gasteiger partial charge in [-0.3, -0.25) is 19.7 Å². The molecular weight excluding hydrogens is 499 g/mol. The van der Waals surface area contributed by atoms with Crippen molar-refractivity contribution in [3.8, 4) is 11.4 Å². The number of likely N-dealkylation sites (tertiary alicyclic amines) is 1. The van der Waals surface area contributed by atoms with E-state index in [0.717, 1.165) is 62.8 Å². The minimum Gasteiger partial charge on any atom is -0.351 e. The predicted molar refractivity (Wildman–Crippen MR) is 135 cm³/mol.